The molecule has 0 unspecified atom stereocenters. The Morgan fingerprint density at radius 1 is 1.19 bits per heavy atom. The lowest BCUT2D eigenvalue weighted by molar-refractivity contribution is 0.174. The predicted octanol–water partition coefficient (Wildman–Crippen LogP) is 1.83. The van der Waals surface area contributed by atoms with Crippen LogP contribution in [-0.2, 0) is 23.1 Å². The molecule has 144 valence electrons. The van der Waals surface area contributed by atoms with Crippen LogP contribution in [0.15, 0.2) is 23.6 Å². The first-order valence-electron chi connectivity index (χ1n) is 9.00. The van der Waals surface area contributed by atoms with Gasteiger partial charge in [-0.05, 0) is 24.6 Å². The topological polar surface area (TPSA) is 72.0 Å². The van der Waals surface area contributed by atoms with Gasteiger partial charge in [-0.2, -0.15) is 4.31 Å². The number of thiazole rings is 1. The molecule has 2 saturated heterocycles. The maximum Gasteiger partial charge on any atom is 0.231 e. The molecule has 3 aliphatic rings. The Hall–Kier alpha value is -1.68. The number of fused-ring (bicyclic) bond motifs is 2. The molecule has 2 atom stereocenters. The van der Waals surface area contributed by atoms with Crippen molar-refractivity contribution < 1.29 is 17.9 Å². The molecule has 1 aromatic heterocycles. The van der Waals surface area contributed by atoms with Gasteiger partial charge in [0.15, 0.2) is 11.5 Å². The Morgan fingerprint density at radius 2 is 2.04 bits per heavy atom. The maximum atomic E-state index is 13.0. The molecule has 0 aliphatic carbocycles. The van der Waals surface area contributed by atoms with Gasteiger partial charge in [-0.3, -0.25) is 4.90 Å². The summed E-state index contributed by atoms with van der Waals surface area (Å²) in [6, 6.07) is 5.93. The van der Waals surface area contributed by atoms with Crippen molar-refractivity contribution in [3.8, 4) is 11.5 Å². The molecule has 0 radical (unpaired) electrons. The third-order valence-corrected chi connectivity index (χ3v) is 8.60. The van der Waals surface area contributed by atoms with Gasteiger partial charge in [0.2, 0.25) is 16.8 Å². The first-order chi connectivity index (χ1) is 13.0. The van der Waals surface area contributed by atoms with Crippen LogP contribution in [-0.4, -0.2) is 54.3 Å². The molecular weight excluding hydrogens is 386 g/mol. The highest BCUT2D eigenvalue weighted by Gasteiger charge is 2.50. The Kier molecular flexibility index (Phi) is 4.15. The average molecular weight is 408 g/mol. The summed E-state index contributed by atoms with van der Waals surface area (Å²) < 4.78 is 38.4. The minimum Gasteiger partial charge on any atom is -0.454 e. The molecular formula is C18H21N3O4S2. The van der Waals surface area contributed by atoms with E-state index in [0.717, 1.165) is 40.9 Å². The number of sulfonamides is 1. The normalized spacial score (nSPS) is 26.6. The zero-order chi connectivity index (χ0) is 18.6. The molecule has 1 aromatic carbocycles. The zero-order valence-corrected chi connectivity index (χ0v) is 16.6. The van der Waals surface area contributed by atoms with E-state index in [1.165, 1.54) is 0 Å². The van der Waals surface area contributed by atoms with Crippen molar-refractivity contribution >= 4 is 21.4 Å². The van der Waals surface area contributed by atoms with Gasteiger partial charge < -0.3 is 9.47 Å². The minimum absolute atomic E-state index is 0.156. The first kappa shape index (κ1) is 17.4. The number of hydrogen-bond acceptors (Lipinski definition) is 7. The van der Waals surface area contributed by atoms with E-state index >= 15 is 0 Å². The monoisotopic (exact) mass is 407 g/mol. The van der Waals surface area contributed by atoms with Crippen LogP contribution < -0.4 is 9.47 Å². The van der Waals surface area contributed by atoms with E-state index in [1.807, 2.05) is 30.5 Å². The van der Waals surface area contributed by atoms with Crippen LogP contribution in [0.5, 0.6) is 11.5 Å². The third kappa shape index (κ3) is 3.12. The molecule has 0 amide bonds. The van der Waals surface area contributed by atoms with Crippen LogP contribution in [0.3, 0.4) is 0 Å². The van der Waals surface area contributed by atoms with Crippen molar-refractivity contribution in [1.29, 1.82) is 0 Å². The molecule has 2 aromatic rings. The van der Waals surface area contributed by atoms with Gasteiger partial charge in [0.05, 0.1) is 22.5 Å². The quantitative estimate of drug-likeness (QED) is 0.770. The fraction of sp³-hybridized carbons (Fsp3) is 0.500. The predicted molar refractivity (Wildman–Crippen MR) is 101 cm³/mol. The molecule has 0 spiro atoms. The number of aryl methyl sites for hydroxylation is 1. The lowest BCUT2D eigenvalue weighted by atomic mass is 10.1. The van der Waals surface area contributed by atoms with Crippen LogP contribution in [0.25, 0.3) is 0 Å². The van der Waals surface area contributed by atoms with Crippen molar-refractivity contribution in [3.05, 3.63) is 39.8 Å². The minimum atomic E-state index is -3.28. The molecule has 4 heterocycles. The van der Waals surface area contributed by atoms with Crippen molar-refractivity contribution in [2.75, 3.05) is 26.4 Å². The second-order valence-corrected chi connectivity index (χ2v) is 10.6. The highest BCUT2D eigenvalue weighted by atomic mass is 32.2. The van der Waals surface area contributed by atoms with Crippen molar-refractivity contribution in [3.63, 3.8) is 0 Å². The number of ether oxygens (including phenoxy) is 2. The van der Waals surface area contributed by atoms with E-state index < -0.39 is 10.0 Å². The summed E-state index contributed by atoms with van der Waals surface area (Å²) in [5, 5.41) is 2.60. The number of benzene rings is 1. The van der Waals surface area contributed by atoms with E-state index in [2.05, 4.69) is 9.88 Å². The molecule has 0 N–H and O–H groups in total. The van der Waals surface area contributed by atoms with E-state index in [-0.39, 0.29) is 18.0 Å². The number of rotatable bonds is 4. The molecule has 27 heavy (non-hydrogen) atoms. The Bertz CT molecular complexity index is 975. The van der Waals surface area contributed by atoms with Gasteiger partial charge in [-0.15, -0.1) is 11.3 Å². The van der Waals surface area contributed by atoms with Gasteiger partial charge in [0.25, 0.3) is 0 Å². The third-order valence-electron chi connectivity index (χ3n) is 5.49. The summed E-state index contributed by atoms with van der Waals surface area (Å²) in [5.74, 6) is 1.69. The van der Waals surface area contributed by atoms with Gasteiger partial charge in [-0.1, -0.05) is 6.07 Å². The highest BCUT2D eigenvalue weighted by Crippen LogP contribution is 2.37. The highest BCUT2D eigenvalue weighted by molar-refractivity contribution is 7.90. The smallest absolute Gasteiger partial charge is 0.231 e. The molecule has 0 bridgehead atoms. The second kappa shape index (κ2) is 6.44. The molecule has 9 heteroatoms. The standard InChI is InChI=1S/C18H21N3O4S2/c1-12-19-15(10-26-12)8-21-7-14-6-20(9-18(14)27(21,22)23)5-13-2-3-16-17(4-13)25-11-24-16/h2-4,10,14,18H,5-9,11H2,1H3/t14-,18-/m1/s1. The number of nitrogens with zero attached hydrogens (tertiary/aromatic N) is 3. The fourth-order valence-corrected chi connectivity index (χ4v) is 7.00. The molecule has 7 nitrogen and oxygen atoms in total. The van der Waals surface area contributed by atoms with Crippen molar-refractivity contribution in [1.82, 2.24) is 14.2 Å². The van der Waals surface area contributed by atoms with Gasteiger partial charge in [0.1, 0.15) is 0 Å². The second-order valence-electron chi connectivity index (χ2n) is 7.38. The molecule has 3 aliphatic heterocycles. The molecule has 2 fully saturated rings. The van der Waals surface area contributed by atoms with Crippen LogP contribution in [0.4, 0.5) is 0 Å². The number of aromatic nitrogens is 1. The Labute approximate surface area is 162 Å². The lowest BCUT2D eigenvalue weighted by Gasteiger charge is -2.21. The Morgan fingerprint density at radius 3 is 2.81 bits per heavy atom. The van der Waals surface area contributed by atoms with Gasteiger partial charge >= 0.3 is 0 Å². The molecule has 5 rings (SSSR count). The largest absolute Gasteiger partial charge is 0.454 e. The van der Waals surface area contributed by atoms with Gasteiger partial charge in [0, 0.05) is 37.5 Å². The van der Waals surface area contributed by atoms with Gasteiger partial charge in [-0.25, -0.2) is 13.4 Å². The van der Waals surface area contributed by atoms with Crippen molar-refractivity contribution in [2.24, 2.45) is 5.92 Å². The van der Waals surface area contributed by atoms with Crippen molar-refractivity contribution in [2.45, 2.75) is 25.3 Å². The summed E-state index contributed by atoms with van der Waals surface area (Å²) in [5.41, 5.74) is 1.96. The van der Waals surface area contributed by atoms with Crippen LogP contribution in [0.2, 0.25) is 0 Å². The fourth-order valence-electron chi connectivity index (χ4n) is 4.24. The summed E-state index contributed by atoms with van der Waals surface area (Å²) in [6.45, 7) is 5.28. The van der Waals surface area contributed by atoms with E-state index in [4.69, 9.17) is 9.47 Å². The van der Waals surface area contributed by atoms with E-state index in [1.54, 1.807) is 15.6 Å². The first-order valence-corrected chi connectivity index (χ1v) is 11.4. The summed E-state index contributed by atoms with van der Waals surface area (Å²) in [7, 11) is -3.28. The zero-order valence-electron chi connectivity index (χ0n) is 15.0. The van der Waals surface area contributed by atoms with E-state index in [0.29, 0.717) is 19.6 Å². The van der Waals surface area contributed by atoms with Crippen LogP contribution >= 0.6 is 11.3 Å². The summed E-state index contributed by atoms with van der Waals surface area (Å²) in [6.07, 6.45) is 0. The SMILES string of the molecule is Cc1nc(CN2C[C@H]3CN(Cc4ccc5c(c4)OCO5)C[C@H]3S2(=O)=O)cs1. The average Bonchev–Trinajstić information content (AvgIpc) is 3.37. The molecule has 0 saturated carbocycles. The lowest BCUT2D eigenvalue weighted by Crippen LogP contribution is -2.34. The van der Waals surface area contributed by atoms with Crippen LogP contribution in [0.1, 0.15) is 16.3 Å². The number of likely N-dealkylation sites (tertiary alicyclic amines) is 1. The number of hydrogen-bond donors (Lipinski definition) is 0. The maximum absolute atomic E-state index is 13.0. The van der Waals surface area contributed by atoms with E-state index in [9.17, 15) is 8.42 Å². The Balaban J connectivity index is 1.26. The summed E-state index contributed by atoms with van der Waals surface area (Å²) >= 11 is 1.56. The van der Waals surface area contributed by atoms with Crippen LogP contribution in [0, 0.1) is 12.8 Å². The summed E-state index contributed by atoms with van der Waals surface area (Å²) in [4.78, 5) is 6.64.